The second-order valence-electron chi connectivity index (χ2n) is 5.19. The van der Waals surface area contributed by atoms with E-state index in [2.05, 4.69) is 10.3 Å². The number of nitrogens with zero attached hydrogens (tertiary/aromatic N) is 1. The minimum absolute atomic E-state index is 0.0616. The number of amides is 1. The zero-order valence-corrected chi connectivity index (χ0v) is 12.0. The molecule has 1 aliphatic heterocycles. The van der Waals surface area contributed by atoms with Crippen LogP contribution >= 0.6 is 0 Å². The van der Waals surface area contributed by atoms with Gasteiger partial charge in [-0.2, -0.15) is 0 Å². The summed E-state index contributed by atoms with van der Waals surface area (Å²) in [6, 6.07) is 4.01. The van der Waals surface area contributed by atoms with Gasteiger partial charge in [-0.25, -0.2) is 4.79 Å². The topological polar surface area (TPSA) is 57.4 Å². The highest BCUT2D eigenvalue weighted by Crippen LogP contribution is 2.21. The van der Waals surface area contributed by atoms with Gasteiger partial charge >= 0.3 is 6.09 Å². The standard InChI is InChI=1S/C16H21N3O2/c1-19(2)6-5-12-9-17-15-4-3-11(8-14(12)15)7-13-10-21-16(20)18-13/h3-4,8-9,13,17H,5-7,10H2,1-2H3,(H,18,20)/t13-/m0/s1/i5D2,6D2,13D. The zero-order chi connectivity index (χ0) is 19.3. The van der Waals surface area contributed by atoms with Crippen LogP contribution in [0.25, 0.3) is 10.9 Å². The van der Waals surface area contributed by atoms with Gasteiger partial charge in [0.1, 0.15) is 6.61 Å². The smallest absolute Gasteiger partial charge is 0.407 e. The first-order chi connectivity index (χ1) is 12.0. The van der Waals surface area contributed by atoms with Crippen LogP contribution < -0.4 is 5.32 Å². The van der Waals surface area contributed by atoms with Gasteiger partial charge in [0.05, 0.1) is 7.39 Å². The van der Waals surface area contributed by atoms with Crippen LogP contribution in [-0.2, 0) is 17.5 Å². The second kappa shape index (κ2) is 5.77. The first kappa shape index (κ1) is 9.10. The molecular formula is C16H21N3O2. The van der Waals surface area contributed by atoms with Gasteiger partial charge in [0.25, 0.3) is 0 Å². The molecule has 2 heterocycles. The maximum absolute atomic E-state index is 11.2. The zero-order valence-electron chi connectivity index (χ0n) is 17.0. The number of hydrogen-bond donors (Lipinski definition) is 2. The van der Waals surface area contributed by atoms with E-state index >= 15 is 0 Å². The number of benzene rings is 1. The third-order valence-electron chi connectivity index (χ3n) is 3.23. The summed E-state index contributed by atoms with van der Waals surface area (Å²) in [7, 11) is 2.98. The highest BCUT2D eigenvalue weighted by molar-refractivity contribution is 5.84. The molecule has 112 valence electrons. The van der Waals surface area contributed by atoms with Gasteiger partial charge in [0.2, 0.25) is 0 Å². The van der Waals surface area contributed by atoms with Crippen molar-refractivity contribution in [3.05, 3.63) is 35.5 Å². The van der Waals surface area contributed by atoms with Crippen LogP contribution in [0.5, 0.6) is 0 Å². The molecule has 0 radical (unpaired) electrons. The Kier molecular flexibility index (Phi) is 2.50. The van der Waals surface area contributed by atoms with Crippen molar-refractivity contribution in [3.8, 4) is 0 Å². The van der Waals surface area contributed by atoms with E-state index in [1.807, 2.05) is 0 Å². The lowest BCUT2D eigenvalue weighted by Crippen LogP contribution is -2.28. The van der Waals surface area contributed by atoms with E-state index < -0.39 is 25.0 Å². The number of fused-ring (bicyclic) bond motifs is 1. The third kappa shape index (κ3) is 3.19. The summed E-state index contributed by atoms with van der Waals surface area (Å²) in [4.78, 5) is 15.4. The fourth-order valence-corrected chi connectivity index (χ4v) is 2.26. The number of hydrogen-bond acceptors (Lipinski definition) is 3. The van der Waals surface area contributed by atoms with Crippen LogP contribution in [0, 0.1) is 0 Å². The van der Waals surface area contributed by atoms with Crippen molar-refractivity contribution in [1.82, 2.24) is 15.2 Å². The highest BCUT2D eigenvalue weighted by Gasteiger charge is 2.22. The molecule has 1 aliphatic rings. The maximum Gasteiger partial charge on any atom is 0.407 e. The van der Waals surface area contributed by atoms with Crippen molar-refractivity contribution in [1.29, 1.82) is 0 Å². The van der Waals surface area contributed by atoms with E-state index in [4.69, 9.17) is 11.6 Å². The lowest BCUT2D eigenvalue weighted by molar-refractivity contribution is 0.177. The van der Waals surface area contributed by atoms with E-state index in [0.29, 0.717) is 10.9 Å². The molecule has 1 atom stereocenters. The normalized spacial score (nSPS) is 26.6. The molecule has 0 aliphatic carbocycles. The number of carbonyl (C=O) groups is 1. The highest BCUT2D eigenvalue weighted by atomic mass is 16.6. The van der Waals surface area contributed by atoms with Gasteiger partial charge in [-0.3, -0.25) is 0 Å². The molecule has 3 rings (SSSR count). The Hall–Kier alpha value is -2.01. The van der Waals surface area contributed by atoms with Crippen molar-refractivity contribution >= 4 is 17.0 Å². The van der Waals surface area contributed by atoms with Crippen molar-refractivity contribution in [3.63, 3.8) is 0 Å². The number of aryl methyl sites for hydroxylation is 1. The van der Waals surface area contributed by atoms with Gasteiger partial charge in [-0.05, 0) is 50.1 Å². The number of likely N-dealkylation sites (N-methyl/N-ethyl adjacent to an activating group) is 1. The molecule has 2 N–H and O–H groups in total. The molecule has 2 aromatic rings. The Bertz CT molecular complexity index is 852. The SMILES string of the molecule is [2H]C([2H])(c1c[nH]c2ccc(C[C@@]3([2H])COC(=O)N3)cc12)C([2H])([2H])N(C)C. The molecule has 1 aromatic carbocycles. The van der Waals surface area contributed by atoms with Crippen LogP contribution in [0.15, 0.2) is 24.4 Å². The van der Waals surface area contributed by atoms with Crippen LogP contribution in [0.4, 0.5) is 4.79 Å². The lowest BCUT2D eigenvalue weighted by atomic mass is 10.0. The van der Waals surface area contributed by atoms with E-state index in [9.17, 15) is 4.79 Å². The first-order valence-corrected chi connectivity index (χ1v) is 6.69. The molecule has 0 unspecified atom stereocenters. The number of aromatic nitrogens is 1. The molecular weight excluding hydrogens is 266 g/mol. The predicted molar refractivity (Wildman–Crippen MR) is 82.5 cm³/mol. The van der Waals surface area contributed by atoms with Gasteiger partial charge in [-0.15, -0.1) is 0 Å². The van der Waals surface area contributed by atoms with Crippen LogP contribution in [0.1, 0.15) is 18.0 Å². The van der Waals surface area contributed by atoms with Gasteiger partial charge in [0, 0.05) is 29.1 Å². The summed E-state index contributed by atoms with van der Waals surface area (Å²) >= 11 is 0. The molecule has 1 saturated heterocycles. The number of ether oxygens (including phenoxy) is 1. The minimum Gasteiger partial charge on any atom is -0.447 e. The fraction of sp³-hybridized carbons (Fsp3) is 0.438. The predicted octanol–water partition coefficient (Wildman–Crippen LogP) is 1.92. The average Bonchev–Trinajstić information content (AvgIpc) is 3.10. The number of rotatable bonds is 5. The van der Waals surface area contributed by atoms with Gasteiger partial charge < -0.3 is 19.9 Å². The van der Waals surface area contributed by atoms with Crippen LogP contribution in [0.3, 0.4) is 0 Å². The number of alkyl carbamates (subject to hydrolysis) is 1. The maximum atomic E-state index is 11.2. The van der Waals surface area contributed by atoms with E-state index in [1.54, 1.807) is 18.2 Å². The van der Waals surface area contributed by atoms with Crippen molar-refractivity contribution < 1.29 is 16.4 Å². The Morgan fingerprint density at radius 2 is 2.38 bits per heavy atom. The third-order valence-corrected chi connectivity index (χ3v) is 3.23. The average molecular weight is 292 g/mol. The second-order valence-corrected chi connectivity index (χ2v) is 5.19. The van der Waals surface area contributed by atoms with E-state index in [-0.39, 0.29) is 18.6 Å². The number of nitrogens with one attached hydrogen (secondary N) is 2. The molecule has 21 heavy (non-hydrogen) atoms. The van der Waals surface area contributed by atoms with E-state index in [0.717, 1.165) is 5.56 Å². The summed E-state index contributed by atoms with van der Waals surface area (Å²) in [5.41, 5.74) is 1.60. The molecule has 1 aromatic heterocycles. The largest absolute Gasteiger partial charge is 0.447 e. The van der Waals surface area contributed by atoms with Gasteiger partial charge in [0.15, 0.2) is 0 Å². The number of aromatic amines is 1. The lowest BCUT2D eigenvalue weighted by Gasteiger charge is -2.09. The Balaban J connectivity index is 2.00. The fourth-order valence-electron chi connectivity index (χ4n) is 2.26. The van der Waals surface area contributed by atoms with Crippen molar-refractivity contribution in [2.45, 2.75) is 18.8 Å². The Morgan fingerprint density at radius 3 is 3.10 bits per heavy atom. The number of cyclic esters (lactones) is 1. The van der Waals surface area contributed by atoms with E-state index in [1.165, 1.54) is 25.2 Å². The Labute approximate surface area is 131 Å². The summed E-state index contributed by atoms with van der Waals surface area (Å²) in [5, 5.41) is 3.01. The molecule has 0 saturated carbocycles. The van der Waals surface area contributed by atoms with Crippen molar-refractivity contribution in [2.75, 3.05) is 27.2 Å². The Morgan fingerprint density at radius 1 is 1.52 bits per heavy atom. The first-order valence-electron chi connectivity index (χ1n) is 9.19. The number of carbonyl (C=O) groups excluding carboxylic acids is 1. The molecule has 0 spiro atoms. The monoisotopic (exact) mass is 292 g/mol. The van der Waals surface area contributed by atoms with Crippen LogP contribution in [0.2, 0.25) is 0 Å². The van der Waals surface area contributed by atoms with Crippen molar-refractivity contribution in [2.24, 2.45) is 0 Å². The molecule has 5 heteroatoms. The van der Waals surface area contributed by atoms with Gasteiger partial charge in [-0.1, -0.05) is 6.07 Å². The molecule has 1 fully saturated rings. The summed E-state index contributed by atoms with van der Waals surface area (Å²) in [5.74, 6) is 0. The molecule has 5 nitrogen and oxygen atoms in total. The molecule has 1 amide bonds. The summed E-state index contributed by atoms with van der Waals surface area (Å²) in [6.07, 6.45) is -1.22. The number of H-pyrrole nitrogens is 1. The molecule has 0 bridgehead atoms. The summed E-state index contributed by atoms with van der Waals surface area (Å²) in [6.45, 7) is -2.28. The summed E-state index contributed by atoms with van der Waals surface area (Å²) < 4.78 is 46.1. The minimum atomic E-state index is -2.27. The van der Waals surface area contributed by atoms with Crippen LogP contribution in [-0.4, -0.2) is 49.2 Å². The quantitative estimate of drug-likeness (QED) is 0.885.